The van der Waals surface area contributed by atoms with Crippen molar-refractivity contribution in [2.45, 2.75) is 31.3 Å². The van der Waals surface area contributed by atoms with E-state index in [2.05, 4.69) is 14.7 Å². The maximum atomic E-state index is 12.9. The van der Waals surface area contributed by atoms with Crippen LogP contribution in [0.1, 0.15) is 25.7 Å². The average Bonchev–Trinajstić information content (AvgIpc) is 3.04. The van der Waals surface area contributed by atoms with Gasteiger partial charge >= 0.3 is 0 Å². The van der Waals surface area contributed by atoms with Gasteiger partial charge in [-0.25, -0.2) is 23.1 Å². The molecule has 0 saturated heterocycles. The highest BCUT2D eigenvalue weighted by atomic mass is 32.2. The van der Waals surface area contributed by atoms with E-state index in [0.717, 1.165) is 11.2 Å². The standard InChI is InChI=1S/C18H22N4O4S/c1-12(2)22-17(21-14-6-5-9-19-18(14)22)11-20-27(23,24)16-10-13(25-3)7-8-15(16)26-4/h5-10,12,20H,11H2,1-4H3. The Balaban J connectivity index is 1.95. The zero-order valence-corrected chi connectivity index (χ0v) is 16.4. The highest BCUT2D eigenvalue weighted by molar-refractivity contribution is 7.89. The number of hydrogen-bond donors (Lipinski definition) is 1. The minimum Gasteiger partial charge on any atom is -0.497 e. The first-order valence-corrected chi connectivity index (χ1v) is 9.89. The van der Waals surface area contributed by atoms with Crippen molar-refractivity contribution in [1.29, 1.82) is 0 Å². The van der Waals surface area contributed by atoms with Crippen LogP contribution in [-0.4, -0.2) is 37.2 Å². The fourth-order valence-corrected chi connectivity index (χ4v) is 4.04. The lowest BCUT2D eigenvalue weighted by molar-refractivity contribution is 0.392. The molecule has 0 saturated carbocycles. The van der Waals surface area contributed by atoms with Crippen molar-refractivity contribution in [1.82, 2.24) is 19.3 Å². The summed E-state index contributed by atoms with van der Waals surface area (Å²) >= 11 is 0. The molecule has 1 aromatic carbocycles. The third kappa shape index (κ3) is 3.74. The first-order chi connectivity index (χ1) is 12.9. The van der Waals surface area contributed by atoms with Gasteiger partial charge < -0.3 is 14.0 Å². The molecule has 27 heavy (non-hydrogen) atoms. The SMILES string of the molecule is COc1ccc(OC)c(S(=O)(=O)NCc2nc3cccnc3n2C(C)C)c1. The first-order valence-electron chi connectivity index (χ1n) is 8.41. The van der Waals surface area contributed by atoms with Crippen LogP contribution in [0, 0.1) is 0 Å². The molecule has 3 aromatic rings. The van der Waals surface area contributed by atoms with Gasteiger partial charge in [0.25, 0.3) is 0 Å². The summed E-state index contributed by atoms with van der Waals surface area (Å²) in [7, 11) is -0.945. The van der Waals surface area contributed by atoms with E-state index in [9.17, 15) is 8.42 Å². The Bertz CT molecular complexity index is 1060. The van der Waals surface area contributed by atoms with Gasteiger partial charge in [-0.15, -0.1) is 0 Å². The van der Waals surface area contributed by atoms with E-state index in [1.165, 1.54) is 20.3 Å². The van der Waals surface area contributed by atoms with E-state index in [1.54, 1.807) is 24.4 Å². The first kappa shape index (κ1) is 19.1. The number of pyridine rings is 1. The highest BCUT2D eigenvalue weighted by Crippen LogP contribution is 2.28. The topological polar surface area (TPSA) is 95.3 Å². The number of aromatic nitrogens is 3. The van der Waals surface area contributed by atoms with Crippen molar-refractivity contribution in [3.8, 4) is 11.5 Å². The lowest BCUT2D eigenvalue weighted by Crippen LogP contribution is -2.26. The minimum absolute atomic E-state index is 0.00897. The smallest absolute Gasteiger partial charge is 0.244 e. The molecule has 0 spiro atoms. The van der Waals surface area contributed by atoms with Crippen LogP contribution in [-0.2, 0) is 16.6 Å². The third-order valence-electron chi connectivity index (χ3n) is 4.12. The van der Waals surface area contributed by atoms with Crippen LogP contribution >= 0.6 is 0 Å². The number of nitrogens with zero attached hydrogens (tertiary/aromatic N) is 3. The Morgan fingerprint density at radius 1 is 1.19 bits per heavy atom. The van der Waals surface area contributed by atoms with Crippen molar-refractivity contribution >= 4 is 21.2 Å². The fraction of sp³-hybridized carbons (Fsp3) is 0.333. The molecule has 0 radical (unpaired) electrons. The van der Waals surface area contributed by atoms with Gasteiger partial charge in [0, 0.05) is 18.3 Å². The van der Waals surface area contributed by atoms with Gasteiger partial charge in [0.2, 0.25) is 10.0 Å². The van der Waals surface area contributed by atoms with Gasteiger partial charge in [-0.05, 0) is 38.1 Å². The zero-order chi connectivity index (χ0) is 19.6. The van der Waals surface area contributed by atoms with Crippen LogP contribution in [0.5, 0.6) is 11.5 Å². The number of fused-ring (bicyclic) bond motifs is 1. The second kappa shape index (κ2) is 7.53. The summed E-state index contributed by atoms with van der Waals surface area (Å²) in [6.07, 6.45) is 1.69. The van der Waals surface area contributed by atoms with Gasteiger partial charge in [-0.2, -0.15) is 0 Å². The van der Waals surface area contributed by atoms with Crippen molar-refractivity contribution in [3.05, 3.63) is 42.4 Å². The number of ether oxygens (including phenoxy) is 2. The molecular formula is C18H22N4O4S. The Hall–Kier alpha value is -2.65. The maximum Gasteiger partial charge on any atom is 0.244 e. The van der Waals surface area contributed by atoms with Crippen LogP contribution in [0.2, 0.25) is 0 Å². The van der Waals surface area contributed by atoms with E-state index in [4.69, 9.17) is 9.47 Å². The highest BCUT2D eigenvalue weighted by Gasteiger charge is 2.22. The fourth-order valence-electron chi connectivity index (χ4n) is 2.88. The molecule has 1 N–H and O–H groups in total. The predicted octanol–water partition coefficient (Wildman–Crippen LogP) is 2.51. The summed E-state index contributed by atoms with van der Waals surface area (Å²) in [6, 6.07) is 8.35. The summed E-state index contributed by atoms with van der Waals surface area (Å²) in [6.45, 7) is 4.02. The summed E-state index contributed by atoms with van der Waals surface area (Å²) < 4.78 is 40.5. The quantitative estimate of drug-likeness (QED) is 0.666. The largest absolute Gasteiger partial charge is 0.497 e. The van der Waals surface area contributed by atoms with Crippen LogP contribution < -0.4 is 14.2 Å². The average molecular weight is 390 g/mol. The molecule has 0 amide bonds. The van der Waals surface area contributed by atoms with Gasteiger partial charge in [0.05, 0.1) is 20.8 Å². The number of methoxy groups -OCH3 is 2. The monoisotopic (exact) mass is 390 g/mol. The van der Waals surface area contributed by atoms with E-state index in [-0.39, 0.29) is 23.2 Å². The summed E-state index contributed by atoms with van der Waals surface area (Å²) in [5, 5.41) is 0. The number of rotatable bonds is 7. The molecule has 0 aliphatic rings. The van der Waals surface area contributed by atoms with E-state index < -0.39 is 10.0 Å². The number of imidazole rings is 1. The van der Waals surface area contributed by atoms with Gasteiger partial charge in [0.1, 0.15) is 27.7 Å². The predicted molar refractivity (Wildman–Crippen MR) is 101 cm³/mol. The summed E-state index contributed by atoms with van der Waals surface area (Å²) in [5.41, 5.74) is 1.44. The van der Waals surface area contributed by atoms with Gasteiger partial charge in [0.15, 0.2) is 5.65 Å². The minimum atomic E-state index is -3.84. The van der Waals surface area contributed by atoms with E-state index in [0.29, 0.717) is 11.6 Å². The van der Waals surface area contributed by atoms with Gasteiger partial charge in [-0.1, -0.05) is 0 Å². The number of benzene rings is 1. The molecule has 0 bridgehead atoms. The molecular weight excluding hydrogens is 368 g/mol. The normalized spacial score (nSPS) is 11.9. The van der Waals surface area contributed by atoms with Crippen molar-refractivity contribution < 1.29 is 17.9 Å². The van der Waals surface area contributed by atoms with Crippen molar-refractivity contribution in [3.63, 3.8) is 0 Å². The molecule has 8 nitrogen and oxygen atoms in total. The second-order valence-electron chi connectivity index (χ2n) is 6.18. The van der Waals surface area contributed by atoms with Crippen LogP contribution in [0.15, 0.2) is 41.4 Å². The molecule has 0 fully saturated rings. The zero-order valence-electron chi connectivity index (χ0n) is 15.6. The molecule has 2 heterocycles. The molecule has 9 heteroatoms. The number of hydrogen-bond acceptors (Lipinski definition) is 6. The molecule has 0 unspecified atom stereocenters. The Kier molecular flexibility index (Phi) is 5.33. The molecule has 0 aliphatic heterocycles. The maximum absolute atomic E-state index is 12.9. The molecule has 0 atom stereocenters. The Morgan fingerprint density at radius 3 is 2.63 bits per heavy atom. The van der Waals surface area contributed by atoms with Gasteiger partial charge in [-0.3, -0.25) is 0 Å². The van der Waals surface area contributed by atoms with Crippen LogP contribution in [0.25, 0.3) is 11.2 Å². The third-order valence-corrected chi connectivity index (χ3v) is 5.54. The Morgan fingerprint density at radius 2 is 1.96 bits per heavy atom. The summed E-state index contributed by atoms with van der Waals surface area (Å²) in [4.78, 5) is 8.90. The lowest BCUT2D eigenvalue weighted by atomic mass is 10.3. The number of nitrogens with one attached hydrogen (secondary N) is 1. The molecule has 3 rings (SSSR count). The van der Waals surface area contributed by atoms with E-state index >= 15 is 0 Å². The molecule has 144 valence electrons. The second-order valence-corrected chi connectivity index (χ2v) is 7.91. The lowest BCUT2D eigenvalue weighted by Gasteiger charge is -2.14. The number of sulfonamides is 1. The van der Waals surface area contributed by atoms with Crippen molar-refractivity contribution in [2.24, 2.45) is 0 Å². The molecule has 2 aromatic heterocycles. The summed E-state index contributed by atoms with van der Waals surface area (Å²) in [5.74, 6) is 1.25. The van der Waals surface area contributed by atoms with E-state index in [1.807, 2.05) is 24.5 Å². The Labute approximate surface area is 158 Å². The van der Waals surface area contributed by atoms with Crippen LogP contribution in [0.4, 0.5) is 0 Å². The molecule has 0 aliphatic carbocycles. The van der Waals surface area contributed by atoms with Crippen LogP contribution in [0.3, 0.4) is 0 Å². The van der Waals surface area contributed by atoms with Crippen molar-refractivity contribution in [2.75, 3.05) is 14.2 Å².